The van der Waals surface area contributed by atoms with Crippen LogP contribution < -0.4 is 5.32 Å². The standard InChI is InChI=1S/C13H21NO2S2/c1-5-10-6-11(18-9(10)2)12(15)14-7-13(3,16)8-17-4/h6,16H,5,7-8H2,1-4H3,(H,14,15). The van der Waals surface area contributed by atoms with Crippen LogP contribution in [0.15, 0.2) is 6.07 Å². The Morgan fingerprint density at radius 2 is 2.28 bits per heavy atom. The first-order valence-corrected chi connectivity index (χ1v) is 8.19. The molecule has 1 atom stereocenters. The summed E-state index contributed by atoms with van der Waals surface area (Å²) in [5.74, 6) is 0.515. The van der Waals surface area contributed by atoms with Gasteiger partial charge in [0.15, 0.2) is 0 Å². The number of carbonyl (C=O) groups excluding carboxylic acids is 1. The van der Waals surface area contributed by atoms with E-state index in [0.29, 0.717) is 5.75 Å². The van der Waals surface area contributed by atoms with Crippen molar-refractivity contribution < 1.29 is 9.90 Å². The number of carbonyl (C=O) groups is 1. The zero-order valence-corrected chi connectivity index (χ0v) is 13.0. The summed E-state index contributed by atoms with van der Waals surface area (Å²) in [4.78, 5) is 13.9. The Bertz CT molecular complexity index is 413. The molecule has 0 fully saturated rings. The van der Waals surface area contributed by atoms with Gasteiger partial charge in [-0.3, -0.25) is 4.79 Å². The average molecular weight is 287 g/mol. The van der Waals surface area contributed by atoms with Gasteiger partial charge in [-0.25, -0.2) is 0 Å². The van der Waals surface area contributed by atoms with Gasteiger partial charge in [-0.1, -0.05) is 6.92 Å². The molecule has 0 saturated carbocycles. The summed E-state index contributed by atoms with van der Waals surface area (Å²) in [5, 5.41) is 12.8. The molecule has 1 heterocycles. The second-order valence-corrected chi connectivity index (χ2v) is 6.78. The second-order valence-electron chi connectivity index (χ2n) is 4.66. The van der Waals surface area contributed by atoms with Crippen LogP contribution in [0.25, 0.3) is 0 Å². The highest BCUT2D eigenvalue weighted by Crippen LogP contribution is 2.22. The van der Waals surface area contributed by atoms with E-state index in [0.717, 1.165) is 11.3 Å². The first-order valence-electron chi connectivity index (χ1n) is 5.98. The van der Waals surface area contributed by atoms with Gasteiger partial charge in [-0.05, 0) is 38.2 Å². The molecule has 2 N–H and O–H groups in total. The summed E-state index contributed by atoms with van der Waals surface area (Å²) in [6.45, 7) is 6.14. The molecule has 102 valence electrons. The lowest BCUT2D eigenvalue weighted by Gasteiger charge is -2.22. The molecule has 0 aliphatic rings. The Morgan fingerprint density at radius 3 is 2.78 bits per heavy atom. The molecule has 1 aromatic rings. The molecular formula is C13H21NO2S2. The maximum absolute atomic E-state index is 12.0. The first-order chi connectivity index (χ1) is 8.39. The van der Waals surface area contributed by atoms with Gasteiger partial charge in [0.2, 0.25) is 0 Å². The predicted octanol–water partition coefficient (Wildman–Crippen LogP) is 2.46. The molecule has 0 spiro atoms. The summed E-state index contributed by atoms with van der Waals surface area (Å²) in [5.41, 5.74) is 0.371. The number of hydrogen-bond acceptors (Lipinski definition) is 4. The van der Waals surface area contributed by atoms with Gasteiger partial charge in [0, 0.05) is 17.2 Å². The lowest BCUT2D eigenvalue weighted by Crippen LogP contribution is -2.42. The van der Waals surface area contributed by atoms with E-state index in [1.165, 1.54) is 21.8 Å². The van der Waals surface area contributed by atoms with Gasteiger partial charge in [0.1, 0.15) is 0 Å². The normalized spacial score (nSPS) is 14.3. The lowest BCUT2D eigenvalue weighted by atomic mass is 10.1. The van der Waals surface area contributed by atoms with Crippen molar-refractivity contribution in [1.29, 1.82) is 0 Å². The van der Waals surface area contributed by atoms with Crippen LogP contribution in [0.1, 0.15) is 34.0 Å². The summed E-state index contributed by atoms with van der Waals surface area (Å²) < 4.78 is 0. The summed E-state index contributed by atoms with van der Waals surface area (Å²) in [6.07, 6.45) is 2.88. The van der Waals surface area contributed by atoms with Crippen LogP contribution in [-0.2, 0) is 6.42 Å². The third-order valence-corrected chi connectivity index (χ3v) is 4.71. The third kappa shape index (κ3) is 4.30. The van der Waals surface area contributed by atoms with Crippen molar-refractivity contribution in [3.8, 4) is 0 Å². The SMILES string of the molecule is CCc1cc(C(=O)NCC(C)(O)CSC)sc1C. The molecule has 1 unspecified atom stereocenters. The summed E-state index contributed by atoms with van der Waals surface area (Å²) in [6, 6.07) is 1.94. The van der Waals surface area contributed by atoms with E-state index in [2.05, 4.69) is 12.2 Å². The third-order valence-electron chi connectivity index (χ3n) is 2.71. The van der Waals surface area contributed by atoms with Gasteiger partial charge >= 0.3 is 0 Å². The molecule has 0 aromatic carbocycles. The minimum absolute atomic E-state index is 0.0934. The zero-order valence-electron chi connectivity index (χ0n) is 11.4. The molecule has 5 heteroatoms. The Kier molecular flexibility index (Phi) is 5.69. The van der Waals surface area contributed by atoms with E-state index in [1.54, 1.807) is 18.7 Å². The number of hydrogen-bond donors (Lipinski definition) is 2. The number of thioether (sulfide) groups is 1. The van der Waals surface area contributed by atoms with Crippen molar-refractivity contribution in [3.05, 3.63) is 21.4 Å². The van der Waals surface area contributed by atoms with Crippen molar-refractivity contribution in [2.75, 3.05) is 18.6 Å². The average Bonchev–Trinajstić information content (AvgIpc) is 2.67. The molecule has 1 amide bonds. The summed E-state index contributed by atoms with van der Waals surface area (Å²) >= 11 is 3.08. The smallest absolute Gasteiger partial charge is 0.261 e. The first kappa shape index (κ1) is 15.5. The Labute approximate surface area is 117 Å². The number of rotatable bonds is 6. The minimum atomic E-state index is -0.852. The van der Waals surface area contributed by atoms with Crippen molar-refractivity contribution >= 4 is 29.0 Å². The van der Waals surface area contributed by atoms with Crippen molar-refractivity contribution in [3.63, 3.8) is 0 Å². The Hall–Kier alpha value is -0.520. The molecular weight excluding hydrogens is 266 g/mol. The fourth-order valence-corrected chi connectivity index (χ4v) is 3.46. The van der Waals surface area contributed by atoms with E-state index >= 15 is 0 Å². The molecule has 0 saturated heterocycles. The van der Waals surface area contributed by atoms with E-state index in [4.69, 9.17) is 0 Å². The van der Waals surface area contributed by atoms with Crippen molar-refractivity contribution in [2.45, 2.75) is 32.8 Å². The van der Waals surface area contributed by atoms with E-state index in [9.17, 15) is 9.90 Å². The second kappa shape index (κ2) is 6.59. The highest BCUT2D eigenvalue weighted by molar-refractivity contribution is 7.98. The number of amides is 1. The number of nitrogens with one attached hydrogen (secondary N) is 1. The highest BCUT2D eigenvalue weighted by Gasteiger charge is 2.21. The molecule has 0 aliphatic heterocycles. The molecule has 18 heavy (non-hydrogen) atoms. The molecule has 0 aliphatic carbocycles. The van der Waals surface area contributed by atoms with Gasteiger partial charge in [-0.2, -0.15) is 11.8 Å². The quantitative estimate of drug-likeness (QED) is 0.845. The van der Waals surface area contributed by atoms with Crippen LogP contribution >= 0.6 is 23.1 Å². The largest absolute Gasteiger partial charge is 0.387 e. The lowest BCUT2D eigenvalue weighted by molar-refractivity contribution is 0.0727. The van der Waals surface area contributed by atoms with Gasteiger partial charge in [-0.15, -0.1) is 11.3 Å². The maximum Gasteiger partial charge on any atom is 0.261 e. The monoisotopic (exact) mass is 287 g/mol. The van der Waals surface area contributed by atoms with Crippen molar-refractivity contribution in [1.82, 2.24) is 5.32 Å². The summed E-state index contributed by atoms with van der Waals surface area (Å²) in [7, 11) is 0. The van der Waals surface area contributed by atoms with E-state index in [1.807, 2.05) is 19.2 Å². The van der Waals surface area contributed by atoms with Crippen LogP contribution in [0, 0.1) is 6.92 Å². The van der Waals surface area contributed by atoms with Crippen LogP contribution in [0.4, 0.5) is 0 Å². The van der Waals surface area contributed by atoms with Crippen LogP contribution in [0.2, 0.25) is 0 Å². The molecule has 1 rings (SSSR count). The Balaban J connectivity index is 2.60. The predicted molar refractivity (Wildman–Crippen MR) is 79.8 cm³/mol. The number of thiophene rings is 1. The van der Waals surface area contributed by atoms with E-state index < -0.39 is 5.60 Å². The molecule has 3 nitrogen and oxygen atoms in total. The van der Waals surface area contributed by atoms with Crippen LogP contribution in [-0.4, -0.2) is 35.2 Å². The van der Waals surface area contributed by atoms with E-state index in [-0.39, 0.29) is 12.5 Å². The fourth-order valence-electron chi connectivity index (χ4n) is 1.70. The molecule has 0 radical (unpaired) electrons. The van der Waals surface area contributed by atoms with Gasteiger partial charge in [0.25, 0.3) is 5.91 Å². The minimum Gasteiger partial charge on any atom is -0.387 e. The number of aliphatic hydroxyl groups is 1. The molecule has 0 bridgehead atoms. The highest BCUT2D eigenvalue weighted by atomic mass is 32.2. The number of aryl methyl sites for hydroxylation is 2. The van der Waals surface area contributed by atoms with Gasteiger partial charge in [0.05, 0.1) is 10.5 Å². The van der Waals surface area contributed by atoms with Gasteiger partial charge < -0.3 is 10.4 Å². The topological polar surface area (TPSA) is 49.3 Å². The molecule has 1 aromatic heterocycles. The van der Waals surface area contributed by atoms with Crippen molar-refractivity contribution in [2.24, 2.45) is 0 Å². The zero-order chi connectivity index (χ0) is 13.8. The van der Waals surface area contributed by atoms with Crippen LogP contribution in [0.3, 0.4) is 0 Å². The fraction of sp³-hybridized carbons (Fsp3) is 0.615. The Morgan fingerprint density at radius 1 is 1.61 bits per heavy atom. The van der Waals surface area contributed by atoms with Crippen LogP contribution in [0.5, 0.6) is 0 Å². The maximum atomic E-state index is 12.0.